The van der Waals surface area contributed by atoms with Crippen LogP contribution in [0.25, 0.3) is 22.4 Å². The van der Waals surface area contributed by atoms with Crippen molar-refractivity contribution in [3.05, 3.63) is 59.8 Å². The molecule has 6 heteroatoms. The molecule has 3 aromatic rings. The van der Waals surface area contributed by atoms with Crippen LogP contribution in [0.1, 0.15) is 16.1 Å². The van der Waals surface area contributed by atoms with E-state index in [1.54, 1.807) is 6.07 Å². The molecule has 0 fully saturated rings. The van der Waals surface area contributed by atoms with Crippen LogP contribution in [0.15, 0.2) is 48.5 Å². The van der Waals surface area contributed by atoms with E-state index in [0.29, 0.717) is 16.8 Å². The number of hydrogen-bond acceptors (Lipinski definition) is 4. The molecule has 3 rings (SSSR count). The molecule has 0 atom stereocenters. The van der Waals surface area contributed by atoms with E-state index in [1.165, 1.54) is 0 Å². The third-order valence-corrected chi connectivity index (χ3v) is 3.28. The molecular weight excluding hydrogens is 278 g/mol. The highest BCUT2D eigenvalue weighted by Gasteiger charge is 2.15. The molecule has 106 valence electrons. The number of nitrogens with zero attached hydrogens (tertiary/aromatic N) is 3. The van der Waals surface area contributed by atoms with Gasteiger partial charge in [0, 0.05) is 5.56 Å². The lowest BCUT2D eigenvalue weighted by Gasteiger charge is -2.06. The molecular formula is C16H11N5O. The summed E-state index contributed by atoms with van der Waals surface area (Å²) in [5.74, 6) is -0.647. The smallest absolute Gasteiger partial charge is 0.271 e. The highest BCUT2D eigenvalue weighted by Crippen LogP contribution is 2.28. The number of rotatable bonds is 3. The van der Waals surface area contributed by atoms with Gasteiger partial charge in [-0.1, -0.05) is 36.4 Å². The summed E-state index contributed by atoms with van der Waals surface area (Å²) in [6.45, 7) is 0. The SMILES string of the molecule is N#Cc1ccccc1-c1cccc(-c2n[nH]nc2C(N)=O)c1. The predicted octanol–water partition coefficient (Wildman–Crippen LogP) is 2.11. The summed E-state index contributed by atoms with van der Waals surface area (Å²) in [4.78, 5) is 11.4. The summed E-state index contributed by atoms with van der Waals surface area (Å²) in [5.41, 5.74) is 8.72. The molecule has 0 bridgehead atoms. The Morgan fingerprint density at radius 1 is 1.09 bits per heavy atom. The van der Waals surface area contributed by atoms with Crippen molar-refractivity contribution in [3.63, 3.8) is 0 Å². The van der Waals surface area contributed by atoms with Gasteiger partial charge in [0.25, 0.3) is 5.91 Å². The fourth-order valence-corrected chi connectivity index (χ4v) is 2.27. The maximum atomic E-state index is 11.4. The number of primary amides is 1. The Morgan fingerprint density at radius 2 is 1.86 bits per heavy atom. The van der Waals surface area contributed by atoms with Gasteiger partial charge in [-0.3, -0.25) is 4.79 Å². The first-order chi connectivity index (χ1) is 10.7. The zero-order valence-electron chi connectivity index (χ0n) is 11.4. The molecule has 0 saturated carbocycles. The number of nitrogens with one attached hydrogen (secondary N) is 1. The maximum Gasteiger partial charge on any atom is 0.271 e. The van der Waals surface area contributed by atoms with E-state index in [0.717, 1.165) is 11.1 Å². The van der Waals surface area contributed by atoms with Gasteiger partial charge in [0.2, 0.25) is 0 Å². The average Bonchev–Trinajstić information content (AvgIpc) is 3.05. The minimum absolute atomic E-state index is 0.0886. The molecule has 22 heavy (non-hydrogen) atoms. The Balaban J connectivity index is 2.13. The van der Waals surface area contributed by atoms with Crippen LogP contribution in [0, 0.1) is 11.3 Å². The van der Waals surface area contributed by atoms with Crippen molar-refractivity contribution in [3.8, 4) is 28.5 Å². The van der Waals surface area contributed by atoms with E-state index in [-0.39, 0.29) is 5.69 Å². The maximum absolute atomic E-state index is 11.4. The normalized spacial score (nSPS) is 10.1. The largest absolute Gasteiger partial charge is 0.364 e. The molecule has 0 spiro atoms. The van der Waals surface area contributed by atoms with Gasteiger partial charge >= 0.3 is 0 Å². The van der Waals surface area contributed by atoms with Crippen LogP contribution < -0.4 is 5.73 Å². The third kappa shape index (κ3) is 2.31. The zero-order valence-corrected chi connectivity index (χ0v) is 11.4. The topological polar surface area (TPSA) is 108 Å². The summed E-state index contributed by atoms with van der Waals surface area (Å²) in [5, 5.41) is 19.4. The van der Waals surface area contributed by atoms with Crippen LogP contribution in [0.3, 0.4) is 0 Å². The standard InChI is InChI=1S/C16H11N5O/c17-9-12-4-1-2-7-13(12)10-5-3-6-11(8-10)14-15(16(18)22)20-21-19-14/h1-8H,(H2,18,22)(H,19,20,21). The zero-order chi connectivity index (χ0) is 15.5. The number of nitrogens with two attached hydrogens (primary N) is 1. The molecule has 2 aromatic carbocycles. The molecule has 1 amide bonds. The second-order valence-corrected chi connectivity index (χ2v) is 4.62. The molecule has 0 aliphatic carbocycles. The van der Waals surface area contributed by atoms with Crippen molar-refractivity contribution in [1.82, 2.24) is 15.4 Å². The number of amides is 1. The van der Waals surface area contributed by atoms with Gasteiger partial charge in [-0.25, -0.2) is 0 Å². The van der Waals surface area contributed by atoms with Crippen molar-refractivity contribution in [1.29, 1.82) is 5.26 Å². The quantitative estimate of drug-likeness (QED) is 0.769. The fraction of sp³-hybridized carbons (Fsp3) is 0. The van der Waals surface area contributed by atoms with Gasteiger partial charge in [0.1, 0.15) is 5.69 Å². The lowest BCUT2D eigenvalue weighted by molar-refractivity contribution is 0.0996. The summed E-state index contributed by atoms with van der Waals surface area (Å²) in [7, 11) is 0. The van der Waals surface area contributed by atoms with Crippen molar-refractivity contribution < 1.29 is 4.79 Å². The highest BCUT2D eigenvalue weighted by molar-refractivity contribution is 5.97. The number of carbonyl (C=O) groups is 1. The number of aromatic nitrogens is 3. The third-order valence-electron chi connectivity index (χ3n) is 3.28. The first kappa shape index (κ1) is 13.5. The first-order valence-electron chi connectivity index (χ1n) is 6.51. The van der Waals surface area contributed by atoms with Gasteiger partial charge in [-0.2, -0.15) is 20.7 Å². The Labute approximate surface area is 126 Å². The molecule has 1 heterocycles. The molecule has 0 aliphatic rings. The number of nitriles is 1. The summed E-state index contributed by atoms with van der Waals surface area (Å²) in [6.07, 6.45) is 0. The van der Waals surface area contributed by atoms with Gasteiger partial charge in [0.05, 0.1) is 11.6 Å². The summed E-state index contributed by atoms with van der Waals surface area (Å²) < 4.78 is 0. The molecule has 3 N–H and O–H groups in total. The van der Waals surface area contributed by atoms with Gasteiger partial charge < -0.3 is 5.73 Å². The highest BCUT2D eigenvalue weighted by atomic mass is 16.1. The summed E-state index contributed by atoms with van der Waals surface area (Å²) in [6, 6.07) is 16.9. The molecule has 1 aromatic heterocycles. The van der Waals surface area contributed by atoms with Crippen molar-refractivity contribution in [2.24, 2.45) is 5.73 Å². The van der Waals surface area contributed by atoms with Crippen LogP contribution in [-0.2, 0) is 0 Å². The van der Waals surface area contributed by atoms with Crippen LogP contribution >= 0.6 is 0 Å². The van der Waals surface area contributed by atoms with Gasteiger partial charge in [-0.05, 0) is 23.3 Å². The van der Waals surface area contributed by atoms with E-state index in [9.17, 15) is 10.1 Å². The van der Waals surface area contributed by atoms with E-state index < -0.39 is 5.91 Å². The average molecular weight is 289 g/mol. The van der Waals surface area contributed by atoms with E-state index >= 15 is 0 Å². The second kappa shape index (κ2) is 5.50. The number of hydrogen-bond donors (Lipinski definition) is 2. The van der Waals surface area contributed by atoms with Crippen LogP contribution in [0.5, 0.6) is 0 Å². The lowest BCUT2D eigenvalue weighted by Crippen LogP contribution is -2.12. The van der Waals surface area contributed by atoms with Crippen molar-refractivity contribution >= 4 is 5.91 Å². The van der Waals surface area contributed by atoms with E-state index in [2.05, 4.69) is 21.5 Å². The molecule has 0 unspecified atom stereocenters. The van der Waals surface area contributed by atoms with Crippen LogP contribution in [-0.4, -0.2) is 21.3 Å². The summed E-state index contributed by atoms with van der Waals surface area (Å²) >= 11 is 0. The van der Waals surface area contributed by atoms with E-state index in [4.69, 9.17) is 5.73 Å². The van der Waals surface area contributed by atoms with E-state index in [1.807, 2.05) is 42.5 Å². The molecule has 0 aliphatic heterocycles. The Morgan fingerprint density at radius 3 is 2.64 bits per heavy atom. The molecule has 0 saturated heterocycles. The second-order valence-electron chi connectivity index (χ2n) is 4.62. The number of H-pyrrole nitrogens is 1. The van der Waals surface area contributed by atoms with Gasteiger partial charge in [-0.15, -0.1) is 0 Å². The molecule has 0 radical (unpaired) electrons. The number of aromatic amines is 1. The fourth-order valence-electron chi connectivity index (χ4n) is 2.27. The van der Waals surface area contributed by atoms with Crippen LogP contribution in [0.2, 0.25) is 0 Å². The van der Waals surface area contributed by atoms with Gasteiger partial charge in [0.15, 0.2) is 5.69 Å². The Kier molecular flexibility index (Phi) is 3.38. The minimum Gasteiger partial charge on any atom is -0.364 e. The number of benzene rings is 2. The van der Waals surface area contributed by atoms with Crippen molar-refractivity contribution in [2.45, 2.75) is 0 Å². The lowest BCUT2D eigenvalue weighted by atomic mass is 9.97. The van der Waals surface area contributed by atoms with Crippen molar-refractivity contribution in [2.75, 3.05) is 0 Å². The predicted molar refractivity (Wildman–Crippen MR) is 80.5 cm³/mol. The first-order valence-corrected chi connectivity index (χ1v) is 6.51. The van der Waals surface area contributed by atoms with Crippen LogP contribution in [0.4, 0.5) is 0 Å². The minimum atomic E-state index is -0.647. The molecule has 6 nitrogen and oxygen atoms in total. The Bertz CT molecular complexity index is 891. The monoisotopic (exact) mass is 289 g/mol. The Hall–Kier alpha value is -3.46. The number of carbonyl (C=O) groups excluding carboxylic acids is 1.